The molecule has 0 spiro atoms. The van der Waals surface area contributed by atoms with Gasteiger partial charge in [0.25, 0.3) is 0 Å². The minimum atomic E-state index is 0.661. The van der Waals surface area contributed by atoms with Crippen molar-refractivity contribution in [2.24, 2.45) is 4.99 Å². The molecule has 22 heavy (non-hydrogen) atoms. The van der Waals surface area contributed by atoms with Crippen LogP contribution in [0.4, 0.5) is 5.69 Å². The maximum atomic E-state index is 6.13. The van der Waals surface area contributed by atoms with Crippen molar-refractivity contribution in [2.75, 3.05) is 0 Å². The smallest absolute Gasteiger partial charge is 0.0781 e. The fourth-order valence-electron chi connectivity index (χ4n) is 2.22. The third-order valence-corrected chi connectivity index (χ3v) is 3.86. The Hall–Kier alpha value is -1.90. The second-order valence-electron chi connectivity index (χ2n) is 4.82. The maximum Gasteiger partial charge on any atom is 0.0781 e. The minimum absolute atomic E-state index is 0.661. The number of aliphatic imine (C=N–C) groups is 1. The van der Waals surface area contributed by atoms with E-state index in [4.69, 9.17) is 16.6 Å². The fraction of sp³-hybridized carbons (Fsp3) is 0. The van der Waals surface area contributed by atoms with Gasteiger partial charge in [-0.05, 0) is 18.2 Å². The molecule has 0 amide bonds. The van der Waals surface area contributed by atoms with Crippen molar-refractivity contribution in [1.82, 2.24) is 0 Å². The first-order valence-corrected chi connectivity index (χ1v) is 8.05. The van der Waals surface area contributed by atoms with Crippen LogP contribution in [-0.2, 0) is 0 Å². The summed E-state index contributed by atoms with van der Waals surface area (Å²) in [5.74, 6) is 0. The van der Waals surface area contributed by atoms with E-state index in [-0.39, 0.29) is 0 Å². The van der Waals surface area contributed by atoms with Gasteiger partial charge in [0.05, 0.1) is 11.4 Å². The molecule has 0 unspecified atom stereocenters. The number of hydrogen-bond acceptors (Lipinski definition) is 1. The van der Waals surface area contributed by atoms with Crippen LogP contribution in [-0.4, -0.2) is 5.71 Å². The Morgan fingerprint density at radius 1 is 0.773 bits per heavy atom. The molecule has 0 saturated carbocycles. The predicted octanol–water partition coefficient (Wildman–Crippen LogP) is 6.27. The van der Waals surface area contributed by atoms with Gasteiger partial charge < -0.3 is 0 Å². The molecular weight excluding hydrogens is 358 g/mol. The molecule has 3 rings (SSSR count). The highest BCUT2D eigenvalue weighted by molar-refractivity contribution is 9.10. The van der Waals surface area contributed by atoms with Gasteiger partial charge in [-0.2, -0.15) is 0 Å². The lowest BCUT2D eigenvalue weighted by atomic mass is 10.0. The van der Waals surface area contributed by atoms with E-state index in [1.165, 1.54) is 0 Å². The van der Waals surface area contributed by atoms with Crippen molar-refractivity contribution in [3.05, 3.63) is 99.5 Å². The first-order valence-electron chi connectivity index (χ1n) is 6.88. The second-order valence-corrected chi connectivity index (χ2v) is 6.17. The molecule has 0 aliphatic carbocycles. The monoisotopic (exact) mass is 369 g/mol. The van der Waals surface area contributed by atoms with E-state index in [1.807, 2.05) is 54.6 Å². The van der Waals surface area contributed by atoms with Crippen LogP contribution < -0.4 is 0 Å². The zero-order valence-corrected chi connectivity index (χ0v) is 14.1. The van der Waals surface area contributed by atoms with E-state index in [0.717, 1.165) is 27.0 Å². The molecule has 108 valence electrons. The molecule has 1 nitrogen and oxygen atoms in total. The van der Waals surface area contributed by atoms with Crippen LogP contribution in [0.15, 0.2) is 88.3 Å². The Morgan fingerprint density at radius 3 is 1.82 bits per heavy atom. The normalized spacial score (nSPS) is 10.3. The van der Waals surface area contributed by atoms with Gasteiger partial charge >= 0.3 is 0 Å². The van der Waals surface area contributed by atoms with E-state index in [0.29, 0.717) is 5.02 Å². The van der Waals surface area contributed by atoms with Crippen molar-refractivity contribution < 1.29 is 0 Å². The van der Waals surface area contributed by atoms with Crippen LogP contribution in [0.25, 0.3) is 0 Å². The zero-order chi connectivity index (χ0) is 15.4. The van der Waals surface area contributed by atoms with Crippen molar-refractivity contribution in [3.63, 3.8) is 0 Å². The summed E-state index contributed by atoms with van der Waals surface area (Å²) in [5, 5.41) is 0.661. The summed E-state index contributed by atoms with van der Waals surface area (Å²) in [6.07, 6.45) is 0. The van der Waals surface area contributed by atoms with E-state index >= 15 is 0 Å². The molecular formula is C19H13BrClN. The molecule has 0 radical (unpaired) electrons. The van der Waals surface area contributed by atoms with Crippen LogP contribution in [0.5, 0.6) is 0 Å². The fourth-order valence-corrected chi connectivity index (χ4v) is 3.06. The van der Waals surface area contributed by atoms with E-state index < -0.39 is 0 Å². The van der Waals surface area contributed by atoms with Gasteiger partial charge in [0.1, 0.15) is 0 Å². The molecule has 0 aliphatic rings. The summed E-state index contributed by atoms with van der Waals surface area (Å²) in [6.45, 7) is 0. The molecule has 0 aromatic heterocycles. The van der Waals surface area contributed by atoms with Crippen molar-refractivity contribution in [1.29, 1.82) is 0 Å². The number of nitrogens with zero attached hydrogens (tertiary/aromatic N) is 1. The summed E-state index contributed by atoms with van der Waals surface area (Å²) >= 11 is 9.59. The van der Waals surface area contributed by atoms with Crippen molar-refractivity contribution >= 4 is 38.9 Å². The molecule has 0 atom stereocenters. The maximum absolute atomic E-state index is 6.13. The third kappa shape index (κ3) is 3.65. The van der Waals surface area contributed by atoms with Crippen LogP contribution in [0.3, 0.4) is 0 Å². The predicted molar refractivity (Wildman–Crippen MR) is 97.3 cm³/mol. The van der Waals surface area contributed by atoms with Crippen LogP contribution in [0, 0.1) is 0 Å². The SMILES string of the molecule is Clc1cc(Br)cc(N=C(c2ccccc2)c2ccccc2)c1. The largest absolute Gasteiger partial charge is 0.248 e. The lowest BCUT2D eigenvalue weighted by Crippen LogP contribution is -2.02. The highest BCUT2D eigenvalue weighted by Crippen LogP contribution is 2.26. The molecule has 0 heterocycles. The Labute approximate surface area is 143 Å². The summed E-state index contributed by atoms with van der Waals surface area (Å²) in [7, 11) is 0. The van der Waals surface area contributed by atoms with Crippen LogP contribution in [0.1, 0.15) is 11.1 Å². The highest BCUT2D eigenvalue weighted by atomic mass is 79.9. The molecule has 0 aliphatic heterocycles. The Bertz CT molecular complexity index is 736. The van der Waals surface area contributed by atoms with Crippen LogP contribution in [0.2, 0.25) is 5.02 Å². The highest BCUT2D eigenvalue weighted by Gasteiger charge is 2.07. The summed E-state index contributed by atoms with van der Waals surface area (Å²) in [4.78, 5) is 4.82. The summed E-state index contributed by atoms with van der Waals surface area (Å²) in [5.41, 5.74) is 3.90. The van der Waals surface area contributed by atoms with E-state index in [9.17, 15) is 0 Å². The molecule has 3 heteroatoms. The number of rotatable bonds is 3. The van der Waals surface area contributed by atoms with Gasteiger partial charge in [0, 0.05) is 20.6 Å². The average Bonchev–Trinajstić information content (AvgIpc) is 2.53. The standard InChI is InChI=1S/C19H13BrClN/c20-16-11-17(21)13-18(12-16)22-19(14-7-3-1-4-8-14)15-9-5-2-6-10-15/h1-13H. The first-order chi connectivity index (χ1) is 10.7. The second kappa shape index (κ2) is 6.91. The van der Waals surface area contributed by atoms with E-state index in [2.05, 4.69) is 40.2 Å². The molecule has 0 N–H and O–H groups in total. The van der Waals surface area contributed by atoms with Crippen molar-refractivity contribution in [2.45, 2.75) is 0 Å². The van der Waals surface area contributed by atoms with Gasteiger partial charge in [-0.3, -0.25) is 0 Å². The number of halogens is 2. The lowest BCUT2D eigenvalue weighted by molar-refractivity contribution is 1.46. The van der Waals surface area contributed by atoms with Gasteiger partial charge in [0.2, 0.25) is 0 Å². The Balaban J connectivity index is 2.15. The molecule has 0 fully saturated rings. The molecule has 0 saturated heterocycles. The van der Waals surface area contributed by atoms with Crippen molar-refractivity contribution in [3.8, 4) is 0 Å². The summed E-state index contributed by atoms with van der Waals surface area (Å²) in [6, 6.07) is 26.0. The third-order valence-electron chi connectivity index (χ3n) is 3.18. The summed E-state index contributed by atoms with van der Waals surface area (Å²) < 4.78 is 0.916. The topological polar surface area (TPSA) is 12.4 Å². The van der Waals surface area contributed by atoms with Gasteiger partial charge in [-0.1, -0.05) is 88.2 Å². The van der Waals surface area contributed by atoms with Gasteiger partial charge in [0.15, 0.2) is 0 Å². The number of hydrogen-bond donors (Lipinski definition) is 0. The average molecular weight is 371 g/mol. The zero-order valence-electron chi connectivity index (χ0n) is 11.7. The molecule has 3 aromatic carbocycles. The van der Waals surface area contributed by atoms with Crippen LogP contribution >= 0.6 is 27.5 Å². The Kier molecular flexibility index (Phi) is 4.71. The first kappa shape index (κ1) is 15.0. The van der Waals surface area contributed by atoms with Gasteiger partial charge in [-0.25, -0.2) is 4.99 Å². The van der Waals surface area contributed by atoms with E-state index in [1.54, 1.807) is 0 Å². The minimum Gasteiger partial charge on any atom is -0.248 e. The lowest BCUT2D eigenvalue weighted by Gasteiger charge is -2.08. The molecule has 0 bridgehead atoms. The number of benzene rings is 3. The quantitative estimate of drug-likeness (QED) is 0.482. The molecule has 3 aromatic rings. The Morgan fingerprint density at radius 2 is 1.32 bits per heavy atom. The van der Waals surface area contributed by atoms with Gasteiger partial charge in [-0.15, -0.1) is 0 Å².